The molecule has 0 saturated heterocycles. The average Bonchev–Trinajstić information content (AvgIpc) is 4.28. The fraction of sp³-hybridized carbons (Fsp3) is 0.0286. The lowest BCUT2D eigenvalue weighted by molar-refractivity contribution is 0.750. The molecule has 1 unspecified atom stereocenters. The van der Waals surface area contributed by atoms with Crippen molar-refractivity contribution < 1.29 is 0 Å². The van der Waals surface area contributed by atoms with Crippen molar-refractivity contribution in [3.8, 4) is 79.4 Å². The maximum absolute atomic E-state index is 5.51. The van der Waals surface area contributed by atoms with E-state index in [0.717, 1.165) is 89.1 Å². The number of rotatable bonds is 9. The second-order valence-electron chi connectivity index (χ2n) is 19.8. The van der Waals surface area contributed by atoms with Crippen LogP contribution in [0.2, 0.25) is 0 Å². The quantitative estimate of drug-likeness (QED) is 0.143. The van der Waals surface area contributed by atoms with Gasteiger partial charge in [0.15, 0.2) is 23.3 Å². The molecule has 4 heterocycles. The van der Waals surface area contributed by atoms with Crippen molar-refractivity contribution >= 4 is 54.4 Å². The summed E-state index contributed by atoms with van der Waals surface area (Å²) in [6, 6.07) is 83.3. The Morgan fingerprint density at radius 3 is 1.51 bits per heavy atom. The molecule has 14 aromatic rings. The van der Waals surface area contributed by atoms with Crippen molar-refractivity contribution in [2.45, 2.75) is 12.3 Å². The monoisotopic (exact) mass is 998 g/mol. The Bertz CT molecular complexity index is 4660. The Hall–Kier alpha value is -10.4. The van der Waals surface area contributed by atoms with E-state index in [9.17, 15) is 0 Å². The van der Waals surface area contributed by atoms with E-state index in [4.69, 9.17) is 29.9 Å². The topological polar surface area (TPSA) is 87.2 Å². The van der Waals surface area contributed by atoms with Crippen LogP contribution in [0.4, 0.5) is 0 Å². The third-order valence-electron chi connectivity index (χ3n) is 15.1. The lowest BCUT2D eigenvalue weighted by atomic mass is 9.95. The van der Waals surface area contributed by atoms with Gasteiger partial charge >= 0.3 is 0 Å². The molecule has 0 aliphatic heterocycles. The molecule has 8 nitrogen and oxygen atoms in total. The molecule has 78 heavy (non-hydrogen) atoms. The second kappa shape index (κ2) is 18.7. The summed E-state index contributed by atoms with van der Waals surface area (Å²) in [5.74, 6) is 3.47. The summed E-state index contributed by atoms with van der Waals surface area (Å²) in [5.41, 5.74) is 13.4. The normalized spacial score (nSPS) is 13.4. The Morgan fingerprint density at radius 1 is 0.333 bits per heavy atom. The number of para-hydroxylation sites is 2. The fourth-order valence-electron chi connectivity index (χ4n) is 11.4. The van der Waals surface area contributed by atoms with Gasteiger partial charge in [-0.1, -0.05) is 224 Å². The summed E-state index contributed by atoms with van der Waals surface area (Å²) >= 11 is 0. The molecule has 366 valence electrons. The summed E-state index contributed by atoms with van der Waals surface area (Å²) in [5, 5.41) is 6.97. The van der Waals surface area contributed by atoms with Crippen LogP contribution < -0.4 is 0 Å². The number of fused-ring (bicyclic) bond motifs is 8. The van der Waals surface area contributed by atoms with Crippen molar-refractivity contribution in [2.75, 3.05) is 0 Å². The zero-order valence-electron chi connectivity index (χ0n) is 42.2. The first-order valence-corrected chi connectivity index (χ1v) is 26.4. The Kier molecular flexibility index (Phi) is 10.8. The molecule has 1 aliphatic rings. The SMILES string of the molecule is C1=CCC(c2nc(-c3cccc(-c4nc(-c5ccccc5)nc(-c5ccccc5)n4)c3)nc(-n3c4ccccc4c4ccc5c6ccccc6n(-c6cccc(-c7cccc(-c8cccc9ccccc89)c7)c6)c5c43)n2)C=C1. The number of hydrogen-bond acceptors (Lipinski definition) is 6. The van der Waals surface area contributed by atoms with Crippen LogP contribution in [0.25, 0.3) is 134 Å². The first-order valence-electron chi connectivity index (χ1n) is 26.4. The molecule has 0 spiro atoms. The lowest BCUT2D eigenvalue weighted by Gasteiger charge is -2.16. The van der Waals surface area contributed by atoms with Crippen molar-refractivity contribution in [2.24, 2.45) is 0 Å². The predicted molar refractivity (Wildman–Crippen MR) is 318 cm³/mol. The van der Waals surface area contributed by atoms with Crippen molar-refractivity contribution in [1.82, 2.24) is 39.0 Å². The molecular weight excluding hydrogens is 953 g/mol. The summed E-state index contributed by atoms with van der Waals surface area (Å²) in [6.45, 7) is 0. The molecule has 1 aliphatic carbocycles. The molecule has 0 N–H and O–H groups in total. The van der Waals surface area contributed by atoms with E-state index in [1.54, 1.807) is 0 Å². The van der Waals surface area contributed by atoms with Crippen molar-refractivity contribution in [3.05, 3.63) is 267 Å². The molecule has 0 saturated carbocycles. The van der Waals surface area contributed by atoms with Crippen LogP contribution in [-0.2, 0) is 0 Å². The van der Waals surface area contributed by atoms with Crippen LogP contribution in [0.3, 0.4) is 0 Å². The van der Waals surface area contributed by atoms with E-state index in [1.807, 2.05) is 72.8 Å². The van der Waals surface area contributed by atoms with Gasteiger partial charge in [-0.25, -0.2) is 19.9 Å². The second-order valence-corrected chi connectivity index (χ2v) is 19.8. The van der Waals surface area contributed by atoms with E-state index in [1.165, 1.54) is 21.9 Å². The maximum atomic E-state index is 5.51. The standard InChI is InChI=1S/C70H46N8/c1-4-21-46(22-5-1)65-71-66(47-23-6-2-7-24-47)73-68(72-65)52-31-17-32-53(43-52)69-74-67(48-25-8-3-9-26-48)75-70(76-69)78-62-39-15-13-36-58(62)60-41-40-59-57-35-12-14-38-61(57)77(63(59)64(60)78)54-33-18-29-50(44-54)49-28-16-30-51(42-49)56-37-19-27-45-20-10-11-34-55(45)56/h1-25,27-44,48H,26H2. The Labute approximate surface area is 449 Å². The highest BCUT2D eigenvalue weighted by atomic mass is 15.2. The number of hydrogen-bond donors (Lipinski definition) is 0. The molecule has 0 amide bonds. The van der Waals surface area contributed by atoms with Gasteiger partial charge in [0.1, 0.15) is 5.82 Å². The minimum atomic E-state index is -0.0644. The van der Waals surface area contributed by atoms with Crippen LogP contribution >= 0.6 is 0 Å². The average molecular weight is 999 g/mol. The smallest absolute Gasteiger partial charge is 0.238 e. The van der Waals surface area contributed by atoms with Gasteiger partial charge < -0.3 is 4.57 Å². The van der Waals surface area contributed by atoms with Crippen LogP contribution in [0, 0.1) is 0 Å². The van der Waals surface area contributed by atoms with Crippen LogP contribution in [-0.4, -0.2) is 39.0 Å². The summed E-state index contributed by atoms with van der Waals surface area (Å²) in [6.07, 6.45) is 9.31. The van der Waals surface area contributed by atoms with Gasteiger partial charge in [-0.3, -0.25) is 4.57 Å². The minimum Gasteiger partial charge on any atom is -0.307 e. The number of benzene rings is 10. The van der Waals surface area contributed by atoms with E-state index >= 15 is 0 Å². The molecule has 0 radical (unpaired) electrons. The molecule has 8 heteroatoms. The molecular formula is C70H46N8. The number of aromatic nitrogens is 8. The predicted octanol–water partition coefficient (Wildman–Crippen LogP) is 17.0. The largest absolute Gasteiger partial charge is 0.307 e. The first kappa shape index (κ1) is 45.0. The van der Waals surface area contributed by atoms with Crippen LogP contribution in [0.15, 0.2) is 261 Å². The molecule has 15 rings (SSSR count). The van der Waals surface area contributed by atoms with Gasteiger partial charge in [0.25, 0.3) is 0 Å². The number of allylic oxidation sites excluding steroid dienone is 4. The zero-order valence-corrected chi connectivity index (χ0v) is 42.2. The maximum Gasteiger partial charge on any atom is 0.238 e. The van der Waals surface area contributed by atoms with Gasteiger partial charge in [-0.05, 0) is 75.8 Å². The van der Waals surface area contributed by atoms with Crippen LogP contribution in [0.5, 0.6) is 0 Å². The molecule has 10 aromatic carbocycles. The Morgan fingerprint density at radius 2 is 0.833 bits per heavy atom. The summed E-state index contributed by atoms with van der Waals surface area (Å²) in [4.78, 5) is 31.4. The fourth-order valence-corrected chi connectivity index (χ4v) is 11.4. The summed E-state index contributed by atoms with van der Waals surface area (Å²) < 4.78 is 4.70. The van der Waals surface area contributed by atoms with Crippen molar-refractivity contribution in [1.29, 1.82) is 0 Å². The third kappa shape index (κ3) is 7.77. The van der Waals surface area contributed by atoms with Gasteiger partial charge in [-0.2, -0.15) is 9.97 Å². The van der Waals surface area contributed by atoms with E-state index in [-0.39, 0.29) is 5.92 Å². The van der Waals surface area contributed by atoms with Gasteiger partial charge in [-0.15, -0.1) is 0 Å². The number of nitrogens with zero attached hydrogens (tertiary/aromatic N) is 8. The highest BCUT2D eigenvalue weighted by Gasteiger charge is 2.25. The van der Waals surface area contributed by atoms with Gasteiger partial charge in [0.2, 0.25) is 5.95 Å². The first-order chi connectivity index (χ1) is 38.7. The van der Waals surface area contributed by atoms with Gasteiger partial charge in [0, 0.05) is 55.4 Å². The lowest BCUT2D eigenvalue weighted by Crippen LogP contribution is -2.11. The molecule has 1 atom stereocenters. The minimum absolute atomic E-state index is 0.0644. The highest BCUT2D eigenvalue weighted by molar-refractivity contribution is 6.23. The highest BCUT2D eigenvalue weighted by Crippen LogP contribution is 2.43. The van der Waals surface area contributed by atoms with Gasteiger partial charge in [0.05, 0.1) is 22.1 Å². The van der Waals surface area contributed by atoms with E-state index in [2.05, 4.69) is 197 Å². The van der Waals surface area contributed by atoms with Crippen LogP contribution in [0.1, 0.15) is 18.2 Å². The molecule has 0 bridgehead atoms. The zero-order chi connectivity index (χ0) is 51.5. The van der Waals surface area contributed by atoms with Crippen molar-refractivity contribution in [3.63, 3.8) is 0 Å². The van der Waals surface area contributed by atoms with E-state index in [0.29, 0.717) is 35.1 Å². The van der Waals surface area contributed by atoms with E-state index < -0.39 is 0 Å². The molecule has 4 aromatic heterocycles. The summed E-state index contributed by atoms with van der Waals surface area (Å²) in [7, 11) is 0. The third-order valence-corrected chi connectivity index (χ3v) is 15.1. The molecule has 0 fully saturated rings. The Balaban J connectivity index is 0.933.